The Balaban J connectivity index is 1.69. The predicted octanol–water partition coefficient (Wildman–Crippen LogP) is 12.3. The Morgan fingerprint density at radius 3 is 2.05 bits per heavy atom. The highest BCUT2D eigenvalue weighted by Gasteiger charge is 2.22. The van der Waals surface area contributed by atoms with Gasteiger partial charge in [0.15, 0.2) is 0 Å². The lowest BCUT2D eigenvalue weighted by molar-refractivity contribution is 0.233. The molecule has 0 aliphatic carbocycles. The number of hydrogen-bond acceptors (Lipinski definition) is 2. The molecule has 0 fully saturated rings. The summed E-state index contributed by atoms with van der Waals surface area (Å²) in [4.78, 5) is 5.46. The van der Waals surface area contributed by atoms with Crippen molar-refractivity contribution in [3.8, 4) is 17.1 Å². The maximum absolute atomic E-state index is 6.41. The number of ether oxygens (including phenoxy) is 1. The summed E-state index contributed by atoms with van der Waals surface area (Å²) in [7, 11) is 0. The Labute approximate surface area is 268 Å². The summed E-state index contributed by atoms with van der Waals surface area (Å²) in [6.07, 6.45) is 9.72. The maximum atomic E-state index is 6.41. The number of hydrogen-bond donors (Lipinski definition) is 0. The molecule has 0 bridgehead atoms. The van der Waals surface area contributed by atoms with Crippen molar-refractivity contribution in [1.29, 1.82) is 0 Å². The zero-order chi connectivity index (χ0) is 29.6. The Morgan fingerprint density at radius 2 is 1.38 bits per heavy atom. The van der Waals surface area contributed by atoms with Gasteiger partial charge in [-0.15, -0.1) is 0 Å². The van der Waals surface area contributed by atoms with E-state index in [1.165, 1.54) is 65.6 Å². The molecule has 0 amide bonds. The SMILES string of the molecule is CCCCC(CC)COc1cccc(-c2nc3c4cc(Br)ccc4c4ccc(Br)cc4c3n2CC(CC)CCCC)c1. The second kappa shape index (κ2) is 14.4. The van der Waals surface area contributed by atoms with Crippen LogP contribution < -0.4 is 4.74 Å². The highest BCUT2D eigenvalue weighted by molar-refractivity contribution is 9.10. The molecule has 5 heteroatoms. The van der Waals surface area contributed by atoms with Gasteiger partial charge in [0.2, 0.25) is 0 Å². The summed E-state index contributed by atoms with van der Waals surface area (Å²) in [6, 6.07) is 21.9. The molecular formula is C37H44Br2N2O. The predicted molar refractivity (Wildman–Crippen MR) is 188 cm³/mol. The molecular weight excluding hydrogens is 648 g/mol. The van der Waals surface area contributed by atoms with Crippen LogP contribution in [0, 0.1) is 11.8 Å². The van der Waals surface area contributed by atoms with Gasteiger partial charge in [0.05, 0.1) is 17.6 Å². The summed E-state index contributed by atoms with van der Waals surface area (Å²) >= 11 is 7.52. The van der Waals surface area contributed by atoms with Crippen LogP contribution in [0.1, 0.15) is 79.1 Å². The molecule has 5 aromatic rings. The monoisotopic (exact) mass is 690 g/mol. The van der Waals surface area contributed by atoms with Gasteiger partial charge in [-0.25, -0.2) is 4.98 Å². The molecule has 0 aliphatic rings. The van der Waals surface area contributed by atoms with Crippen molar-refractivity contribution in [3.05, 3.63) is 69.6 Å². The van der Waals surface area contributed by atoms with E-state index < -0.39 is 0 Å². The standard InChI is InChI=1S/C37H44Br2N2O/c1-5-9-12-25(7-3)23-41-36-34-22-29(39)17-19-32(34)31-18-16-28(38)21-33(31)35(36)40-37(41)27-14-11-15-30(20-27)42-24-26(8-4)13-10-6-2/h11,14-22,25-26H,5-10,12-13,23-24H2,1-4H3. The van der Waals surface area contributed by atoms with Crippen LogP contribution in [0.3, 0.4) is 0 Å². The summed E-state index contributed by atoms with van der Waals surface area (Å²) in [5.74, 6) is 3.14. The zero-order valence-electron chi connectivity index (χ0n) is 25.6. The first kappa shape index (κ1) is 31.1. The van der Waals surface area contributed by atoms with Crippen molar-refractivity contribution in [2.75, 3.05) is 6.61 Å². The van der Waals surface area contributed by atoms with E-state index in [9.17, 15) is 0 Å². The first-order valence-electron chi connectivity index (χ1n) is 15.9. The molecule has 0 spiro atoms. The summed E-state index contributed by atoms with van der Waals surface area (Å²) in [5.41, 5.74) is 3.40. The van der Waals surface area contributed by atoms with E-state index in [1.807, 2.05) is 0 Å². The largest absolute Gasteiger partial charge is 0.493 e. The molecule has 5 rings (SSSR count). The van der Waals surface area contributed by atoms with Crippen LogP contribution in [0.2, 0.25) is 0 Å². The van der Waals surface area contributed by atoms with Gasteiger partial charge in [-0.2, -0.15) is 0 Å². The maximum Gasteiger partial charge on any atom is 0.141 e. The highest BCUT2D eigenvalue weighted by Crippen LogP contribution is 2.40. The van der Waals surface area contributed by atoms with Crippen LogP contribution in [0.5, 0.6) is 5.75 Å². The van der Waals surface area contributed by atoms with Crippen LogP contribution in [0.15, 0.2) is 69.6 Å². The van der Waals surface area contributed by atoms with Gasteiger partial charge in [-0.05, 0) is 71.8 Å². The summed E-state index contributed by atoms with van der Waals surface area (Å²) in [5, 5.41) is 4.92. The minimum absolute atomic E-state index is 0.588. The van der Waals surface area contributed by atoms with E-state index in [-0.39, 0.29) is 0 Å². The number of nitrogens with zero attached hydrogens (tertiary/aromatic N) is 2. The quantitative estimate of drug-likeness (QED) is 0.108. The van der Waals surface area contributed by atoms with E-state index in [1.54, 1.807) is 0 Å². The van der Waals surface area contributed by atoms with Crippen LogP contribution in [0.25, 0.3) is 44.0 Å². The minimum atomic E-state index is 0.588. The topological polar surface area (TPSA) is 27.1 Å². The van der Waals surface area contributed by atoms with Crippen molar-refractivity contribution in [2.45, 2.75) is 85.6 Å². The van der Waals surface area contributed by atoms with Crippen molar-refractivity contribution in [2.24, 2.45) is 11.8 Å². The van der Waals surface area contributed by atoms with Gasteiger partial charge in [0.1, 0.15) is 11.6 Å². The number of benzene rings is 4. The molecule has 2 atom stereocenters. The summed E-state index contributed by atoms with van der Waals surface area (Å²) in [6.45, 7) is 10.9. The van der Waals surface area contributed by atoms with Crippen LogP contribution >= 0.6 is 31.9 Å². The van der Waals surface area contributed by atoms with Gasteiger partial charge in [0, 0.05) is 31.8 Å². The third-order valence-corrected chi connectivity index (χ3v) is 9.82. The van der Waals surface area contributed by atoms with Gasteiger partial charge >= 0.3 is 0 Å². The number of aromatic nitrogens is 2. The van der Waals surface area contributed by atoms with E-state index in [4.69, 9.17) is 9.72 Å². The lowest BCUT2D eigenvalue weighted by Gasteiger charge is -2.19. The average Bonchev–Trinajstić information content (AvgIpc) is 3.39. The van der Waals surface area contributed by atoms with Crippen LogP contribution in [-0.2, 0) is 6.54 Å². The molecule has 42 heavy (non-hydrogen) atoms. The molecule has 0 radical (unpaired) electrons. The van der Waals surface area contributed by atoms with Crippen LogP contribution in [-0.4, -0.2) is 16.2 Å². The van der Waals surface area contributed by atoms with Gasteiger partial charge in [-0.3, -0.25) is 0 Å². The molecule has 4 aromatic carbocycles. The molecule has 0 aliphatic heterocycles. The molecule has 1 aromatic heterocycles. The third-order valence-electron chi connectivity index (χ3n) is 8.84. The average molecular weight is 693 g/mol. The fourth-order valence-electron chi connectivity index (χ4n) is 6.22. The van der Waals surface area contributed by atoms with E-state index >= 15 is 0 Å². The number of unbranched alkanes of at least 4 members (excludes halogenated alkanes) is 2. The number of rotatable bonds is 14. The second-order valence-electron chi connectivity index (χ2n) is 11.8. The zero-order valence-corrected chi connectivity index (χ0v) is 28.7. The number of halogens is 2. The minimum Gasteiger partial charge on any atom is -0.493 e. The molecule has 0 N–H and O–H groups in total. The molecule has 0 saturated carbocycles. The number of fused-ring (bicyclic) bond motifs is 6. The fraction of sp³-hybridized carbons (Fsp3) is 0.432. The van der Waals surface area contributed by atoms with Crippen molar-refractivity contribution >= 4 is 64.4 Å². The normalized spacial score (nSPS) is 13.3. The third kappa shape index (κ3) is 6.73. The van der Waals surface area contributed by atoms with Crippen molar-refractivity contribution in [3.63, 3.8) is 0 Å². The second-order valence-corrected chi connectivity index (χ2v) is 13.6. The molecule has 222 valence electrons. The van der Waals surface area contributed by atoms with E-state index in [0.717, 1.165) is 57.6 Å². The molecule has 0 saturated heterocycles. The van der Waals surface area contributed by atoms with Gasteiger partial charge in [-0.1, -0.05) is 122 Å². The molecule has 2 unspecified atom stereocenters. The Bertz CT molecular complexity index is 1660. The van der Waals surface area contributed by atoms with E-state index in [0.29, 0.717) is 11.8 Å². The Hall–Kier alpha value is -2.37. The Morgan fingerprint density at radius 1 is 0.738 bits per heavy atom. The van der Waals surface area contributed by atoms with Gasteiger partial charge < -0.3 is 9.30 Å². The molecule has 3 nitrogen and oxygen atoms in total. The first-order valence-corrected chi connectivity index (χ1v) is 17.5. The van der Waals surface area contributed by atoms with Gasteiger partial charge in [0.25, 0.3) is 0 Å². The van der Waals surface area contributed by atoms with Crippen molar-refractivity contribution < 1.29 is 4.74 Å². The Kier molecular flexibility index (Phi) is 10.7. The highest BCUT2D eigenvalue weighted by atomic mass is 79.9. The fourth-order valence-corrected chi connectivity index (χ4v) is 6.94. The lowest BCUT2D eigenvalue weighted by atomic mass is 9.97. The molecule has 1 heterocycles. The smallest absolute Gasteiger partial charge is 0.141 e. The van der Waals surface area contributed by atoms with E-state index in [2.05, 4.69) is 125 Å². The summed E-state index contributed by atoms with van der Waals surface area (Å²) < 4.78 is 11.1. The van der Waals surface area contributed by atoms with Crippen molar-refractivity contribution in [1.82, 2.24) is 9.55 Å². The number of imidazole rings is 1. The first-order chi connectivity index (χ1) is 20.5. The lowest BCUT2D eigenvalue weighted by Crippen LogP contribution is -2.12. The van der Waals surface area contributed by atoms with Crippen LogP contribution in [0.4, 0.5) is 0 Å².